The highest BCUT2D eigenvalue weighted by atomic mass is 16.5. The first-order chi connectivity index (χ1) is 12.0. The van der Waals surface area contributed by atoms with Gasteiger partial charge in [-0.1, -0.05) is 44.5 Å². The van der Waals surface area contributed by atoms with Gasteiger partial charge in [-0.05, 0) is 42.4 Å². The molecule has 0 radical (unpaired) electrons. The third-order valence-electron chi connectivity index (χ3n) is 5.12. The molecular weight excluding hydrogens is 314 g/mol. The van der Waals surface area contributed by atoms with Crippen LogP contribution in [0.4, 0.5) is 0 Å². The summed E-state index contributed by atoms with van der Waals surface area (Å²) >= 11 is 0. The molecule has 25 heavy (non-hydrogen) atoms. The lowest BCUT2D eigenvalue weighted by atomic mass is 9.76. The average Bonchev–Trinajstić information content (AvgIpc) is 3.07. The van der Waals surface area contributed by atoms with Gasteiger partial charge < -0.3 is 4.52 Å². The smallest absolute Gasteiger partial charge is 0.203 e. The Kier molecular flexibility index (Phi) is 5.16. The van der Waals surface area contributed by atoms with E-state index in [1.165, 1.54) is 18.2 Å². The van der Waals surface area contributed by atoms with Crippen molar-refractivity contribution < 1.29 is 14.1 Å². The van der Waals surface area contributed by atoms with Crippen molar-refractivity contribution in [2.45, 2.75) is 52.4 Å². The number of carbonyl (C=O) groups is 2. The van der Waals surface area contributed by atoms with Crippen molar-refractivity contribution in [3.63, 3.8) is 0 Å². The monoisotopic (exact) mass is 339 g/mol. The zero-order valence-corrected chi connectivity index (χ0v) is 15.1. The standard InChI is InChI=1S/C21H25NO3/c1-13(2)20(23)18-12-15(7-8-17(18)16-5-4-6-16)11-14(3)21(24)19-9-10-22-25-19/h7-10,12-14,16H,4-6,11H2,1-3H3. The van der Waals surface area contributed by atoms with Crippen molar-refractivity contribution in [1.29, 1.82) is 0 Å². The van der Waals surface area contributed by atoms with Crippen LogP contribution in [-0.4, -0.2) is 16.7 Å². The number of rotatable bonds is 7. The summed E-state index contributed by atoms with van der Waals surface area (Å²) in [7, 11) is 0. The molecule has 0 saturated heterocycles. The molecule has 0 bridgehead atoms. The summed E-state index contributed by atoms with van der Waals surface area (Å²) in [6.45, 7) is 5.76. The second kappa shape index (κ2) is 7.34. The number of ketones is 2. The molecule has 1 aromatic heterocycles. The lowest BCUT2D eigenvalue weighted by Crippen LogP contribution is -2.18. The predicted octanol–water partition coefficient (Wildman–Crippen LogP) is 4.84. The Morgan fingerprint density at radius 3 is 2.48 bits per heavy atom. The van der Waals surface area contributed by atoms with Crippen LogP contribution in [0.3, 0.4) is 0 Å². The molecule has 1 atom stereocenters. The van der Waals surface area contributed by atoms with Gasteiger partial charge in [0.2, 0.25) is 11.5 Å². The summed E-state index contributed by atoms with van der Waals surface area (Å²) in [5, 5.41) is 3.60. The van der Waals surface area contributed by atoms with E-state index in [2.05, 4.69) is 17.3 Å². The minimum absolute atomic E-state index is 0.0256. The van der Waals surface area contributed by atoms with E-state index in [9.17, 15) is 9.59 Å². The van der Waals surface area contributed by atoms with Crippen LogP contribution in [0.5, 0.6) is 0 Å². The van der Waals surface area contributed by atoms with Crippen LogP contribution in [0, 0.1) is 11.8 Å². The van der Waals surface area contributed by atoms with Gasteiger partial charge in [0.1, 0.15) is 0 Å². The third kappa shape index (κ3) is 3.73. The Balaban J connectivity index is 1.83. The van der Waals surface area contributed by atoms with Crippen molar-refractivity contribution in [2.75, 3.05) is 0 Å². The Labute approximate surface area is 148 Å². The fraction of sp³-hybridized carbons (Fsp3) is 0.476. The van der Waals surface area contributed by atoms with Crippen LogP contribution in [-0.2, 0) is 6.42 Å². The lowest BCUT2D eigenvalue weighted by molar-refractivity contribution is 0.0891. The molecule has 132 valence electrons. The first-order valence-corrected chi connectivity index (χ1v) is 9.09. The molecule has 1 aliphatic rings. The SMILES string of the molecule is CC(C)C(=O)c1cc(CC(C)C(=O)c2ccno2)ccc1C1CCC1. The molecule has 1 saturated carbocycles. The number of carbonyl (C=O) groups excluding carboxylic acids is 2. The summed E-state index contributed by atoms with van der Waals surface area (Å²) in [5.41, 5.74) is 3.05. The van der Waals surface area contributed by atoms with Gasteiger partial charge in [0.25, 0.3) is 0 Å². The zero-order chi connectivity index (χ0) is 18.0. The van der Waals surface area contributed by atoms with Gasteiger partial charge in [0.15, 0.2) is 5.78 Å². The maximum atomic E-state index is 12.7. The summed E-state index contributed by atoms with van der Waals surface area (Å²) in [4.78, 5) is 25.0. The molecule has 2 aromatic rings. The van der Waals surface area contributed by atoms with E-state index in [0.29, 0.717) is 12.3 Å². The number of Topliss-reactive ketones (excluding diaryl/α,β-unsaturated/α-hetero) is 2. The lowest BCUT2D eigenvalue weighted by Gasteiger charge is -2.28. The fourth-order valence-electron chi connectivity index (χ4n) is 3.36. The fourth-order valence-corrected chi connectivity index (χ4v) is 3.36. The maximum absolute atomic E-state index is 12.7. The highest BCUT2D eigenvalue weighted by molar-refractivity contribution is 5.99. The van der Waals surface area contributed by atoms with Crippen LogP contribution < -0.4 is 0 Å². The van der Waals surface area contributed by atoms with E-state index in [4.69, 9.17) is 4.52 Å². The highest BCUT2D eigenvalue weighted by Gasteiger charge is 2.26. The first-order valence-electron chi connectivity index (χ1n) is 9.09. The Morgan fingerprint density at radius 1 is 1.16 bits per heavy atom. The zero-order valence-electron chi connectivity index (χ0n) is 15.1. The van der Waals surface area contributed by atoms with Gasteiger partial charge in [-0.25, -0.2) is 0 Å². The van der Waals surface area contributed by atoms with Crippen molar-refractivity contribution >= 4 is 11.6 Å². The third-order valence-corrected chi connectivity index (χ3v) is 5.12. The number of benzene rings is 1. The molecule has 3 rings (SSSR count). The molecule has 1 unspecified atom stereocenters. The van der Waals surface area contributed by atoms with Gasteiger partial charge in [-0.15, -0.1) is 0 Å². The van der Waals surface area contributed by atoms with E-state index in [-0.39, 0.29) is 29.2 Å². The van der Waals surface area contributed by atoms with E-state index >= 15 is 0 Å². The number of nitrogens with zero attached hydrogens (tertiary/aromatic N) is 1. The molecular formula is C21H25NO3. The minimum atomic E-state index is -0.218. The van der Waals surface area contributed by atoms with Crippen molar-refractivity contribution in [3.8, 4) is 0 Å². The number of hydrogen-bond acceptors (Lipinski definition) is 4. The Morgan fingerprint density at radius 2 is 1.92 bits per heavy atom. The molecule has 4 nitrogen and oxygen atoms in total. The average molecular weight is 339 g/mol. The number of hydrogen-bond donors (Lipinski definition) is 0. The summed E-state index contributed by atoms with van der Waals surface area (Å²) in [6.07, 6.45) is 5.64. The van der Waals surface area contributed by atoms with Crippen LogP contribution in [0.2, 0.25) is 0 Å². The van der Waals surface area contributed by atoms with E-state index in [0.717, 1.165) is 24.0 Å². The quantitative estimate of drug-likeness (QED) is 0.677. The van der Waals surface area contributed by atoms with Gasteiger partial charge in [-0.2, -0.15) is 0 Å². The predicted molar refractivity (Wildman–Crippen MR) is 95.9 cm³/mol. The highest BCUT2D eigenvalue weighted by Crippen LogP contribution is 2.39. The van der Waals surface area contributed by atoms with Crippen molar-refractivity contribution in [2.24, 2.45) is 11.8 Å². The summed E-state index contributed by atoms with van der Waals surface area (Å²) in [5.74, 6) is 0.694. The second-order valence-corrected chi connectivity index (χ2v) is 7.41. The molecule has 0 amide bonds. The van der Waals surface area contributed by atoms with Crippen LogP contribution in [0.25, 0.3) is 0 Å². The van der Waals surface area contributed by atoms with Crippen LogP contribution in [0.1, 0.15) is 78.0 Å². The molecule has 0 spiro atoms. The van der Waals surface area contributed by atoms with Gasteiger partial charge >= 0.3 is 0 Å². The first kappa shape index (κ1) is 17.6. The normalized spacial score (nSPS) is 15.8. The molecule has 1 fully saturated rings. The van der Waals surface area contributed by atoms with E-state index in [1.54, 1.807) is 6.07 Å². The minimum Gasteiger partial charge on any atom is -0.353 e. The van der Waals surface area contributed by atoms with Gasteiger partial charge in [0.05, 0.1) is 6.20 Å². The number of aromatic nitrogens is 1. The molecule has 1 aliphatic carbocycles. The summed E-state index contributed by atoms with van der Waals surface area (Å²) < 4.78 is 4.97. The van der Waals surface area contributed by atoms with E-state index in [1.807, 2.05) is 26.8 Å². The Bertz CT molecular complexity index is 757. The second-order valence-electron chi connectivity index (χ2n) is 7.41. The van der Waals surface area contributed by atoms with E-state index < -0.39 is 0 Å². The molecule has 1 heterocycles. The van der Waals surface area contributed by atoms with Crippen LogP contribution >= 0.6 is 0 Å². The van der Waals surface area contributed by atoms with Crippen LogP contribution in [0.15, 0.2) is 35.0 Å². The van der Waals surface area contributed by atoms with Gasteiger partial charge in [-0.3, -0.25) is 9.59 Å². The van der Waals surface area contributed by atoms with Gasteiger partial charge in [0, 0.05) is 23.5 Å². The van der Waals surface area contributed by atoms with Crippen molar-refractivity contribution in [3.05, 3.63) is 52.9 Å². The summed E-state index contributed by atoms with van der Waals surface area (Å²) in [6, 6.07) is 7.75. The Hall–Kier alpha value is -2.23. The molecule has 4 heteroatoms. The molecule has 1 aromatic carbocycles. The molecule has 0 aliphatic heterocycles. The largest absolute Gasteiger partial charge is 0.353 e. The molecule has 0 N–H and O–H groups in total. The van der Waals surface area contributed by atoms with Crippen molar-refractivity contribution in [1.82, 2.24) is 5.16 Å². The maximum Gasteiger partial charge on any atom is 0.203 e. The topological polar surface area (TPSA) is 60.2 Å².